The monoisotopic (exact) mass is 512 g/mol. The Morgan fingerprint density at radius 2 is 1.54 bits per heavy atom. The first kappa shape index (κ1) is 26.6. The van der Waals surface area contributed by atoms with Crippen LogP contribution in [0, 0.1) is 6.92 Å². The number of aryl methyl sites for hydroxylation is 1. The summed E-state index contributed by atoms with van der Waals surface area (Å²) in [5.41, 5.74) is 4.99. The van der Waals surface area contributed by atoms with Crippen LogP contribution < -0.4 is 10.2 Å². The van der Waals surface area contributed by atoms with Gasteiger partial charge in [0.05, 0.1) is 0 Å². The van der Waals surface area contributed by atoms with Gasteiger partial charge in [0, 0.05) is 49.4 Å². The van der Waals surface area contributed by atoms with Gasteiger partial charge in [-0.3, -0.25) is 4.79 Å². The number of rotatable bonds is 12. The molecule has 5 nitrogen and oxygen atoms in total. The second kappa shape index (κ2) is 13.2. The minimum absolute atomic E-state index is 0.0647. The van der Waals surface area contributed by atoms with Crippen molar-refractivity contribution in [2.75, 3.05) is 18.0 Å². The number of benzene rings is 3. The minimum Gasteiger partial charge on any atom is -0.356 e. The van der Waals surface area contributed by atoms with Gasteiger partial charge in [-0.05, 0) is 43.9 Å². The largest absolute Gasteiger partial charge is 0.356 e. The van der Waals surface area contributed by atoms with E-state index in [1.807, 2.05) is 12.1 Å². The Kier molecular flexibility index (Phi) is 9.44. The molecule has 0 aliphatic carbocycles. The number of hydrogen-bond acceptors (Lipinski definition) is 5. The lowest BCUT2D eigenvalue weighted by atomic mass is 9.88. The second-order valence-corrected chi connectivity index (χ2v) is 10.4. The molecule has 6 heteroatoms. The normalized spacial score (nSPS) is 11.2. The van der Waals surface area contributed by atoms with Gasteiger partial charge in [0.2, 0.25) is 11.0 Å². The topological polar surface area (TPSA) is 58.1 Å². The molecular weight excluding hydrogens is 476 g/mol. The maximum atomic E-state index is 12.8. The molecule has 0 fully saturated rings. The lowest BCUT2D eigenvalue weighted by molar-refractivity contribution is -0.120. The van der Waals surface area contributed by atoms with Crippen LogP contribution in [-0.4, -0.2) is 34.4 Å². The number of nitrogens with one attached hydrogen (secondary N) is 1. The van der Waals surface area contributed by atoms with E-state index in [-0.39, 0.29) is 17.9 Å². The first-order chi connectivity index (χ1) is 18.0. The molecule has 1 amide bonds. The van der Waals surface area contributed by atoms with Crippen molar-refractivity contribution in [1.82, 2.24) is 14.7 Å². The first-order valence-electron chi connectivity index (χ1n) is 13.0. The molecular formula is C31H36N4OS. The van der Waals surface area contributed by atoms with E-state index >= 15 is 0 Å². The molecule has 0 saturated carbocycles. The van der Waals surface area contributed by atoms with E-state index in [0.29, 0.717) is 25.9 Å². The molecule has 0 saturated heterocycles. The highest BCUT2D eigenvalue weighted by Crippen LogP contribution is 2.27. The van der Waals surface area contributed by atoms with Gasteiger partial charge in [-0.15, -0.1) is 0 Å². The van der Waals surface area contributed by atoms with Crippen LogP contribution in [0.4, 0.5) is 5.13 Å². The van der Waals surface area contributed by atoms with Crippen LogP contribution in [0.5, 0.6) is 0 Å². The summed E-state index contributed by atoms with van der Waals surface area (Å²) in [5, 5.41) is 4.02. The lowest BCUT2D eigenvalue weighted by Crippen LogP contribution is -2.35. The summed E-state index contributed by atoms with van der Waals surface area (Å²) in [6, 6.07) is 29.7. The summed E-state index contributed by atoms with van der Waals surface area (Å²) in [6.45, 7) is 7.59. The molecule has 0 aliphatic rings. The van der Waals surface area contributed by atoms with Crippen LogP contribution in [0.1, 0.15) is 60.7 Å². The van der Waals surface area contributed by atoms with Gasteiger partial charge < -0.3 is 10.2 Å². The van der Waals surface area contributed by atoms with E-state index in [1.54, 1.807) is 0 Å². The van der Waals surface area contributed by atoms with Crippen molar-refractivity contribution >= 4 is 22.6 Å². The van der Waals surface area contributed by atoms with Gasteiger partial charge in [0.25, 0.3) is 0 Å². The van der Waals surface area contributed by atoms with E-state index in [9.17, 15) is 4.79 Å². The van der Waals surface area contributed by atoms with E-state index in [4.69, 9.17) is 4.98 Å². The quantitative estimate of drug-likeness (QED) is 0.239. The third-order valence-electron chi connectivity index (χ3n) is 6.55. The Balaban J connectivity index is 1.30. The summed E-state index contributed by atoms with van der Waals surface area (Å²) in [4.78, 5) is 19.7. The zero-order chi connectivity index (χ0) is 26.0. The molecule has 4 rings (SSSR count). The van der Waals surface area contributed by atoms with Crippen LogP contribution in [0.25, 0.3) is 0 Å². The van der Waals surface area contributed by atoms with Gasteiger partial charge in [-0.2, -0.15) is 4.37 Å². The van der Waals surface area contributed by atoms with E-state index in [1.165, 1.54) is 33.8 Å². The summed E-state index contributed by atoms with van der Waals surface area (Å²) in [5.74, 6) is 1.14. The van der Waals surface area contributed by atoms with Crippen LogP contribution >= 0.6 is 11.5 Å². The van der Waals surface area contributed by atoms with Gasteiger partial charge in [0.1, 0.15) is 5.82 Å². The number of anilines is 1. The molecule has 0 bridgehead atoms. The fraction of sp³-hybridized carbons (Fsp3) is 0.323. The first-order valence-corrected chi connectivity index (χ1v) is 13.8. The van der Waals surface area contributed by atoms with Crippen molar-refractivity contribution < 1.29 is 4.79 Å². The molecule has 0 radical (unpaired) electrons. The molecule has 0 atom stereocenters. The Bertz CT molecular complexity index is 1200. The Morgan fingerprint density at radius 3 is 2.14 bits per heavy atom. The second-order valence-electron chi connectivity index (χ2n) is 9.71. The highest BCUT2D eigenvalue weighted by atomic mass is 32.1. The highest BCUT2D eigenvalue weighted by Gasteiger charge is 2.18. The van der Waals surface area contributed by atoms with Crippen molar-refractivity contribution in [3.63, 3.8) is 0 Å². The third kappa shape index (κ3) is 7.73. The van der Waals surface area contributed by atoms with Crippen molar-refractivity contribution in [3.05, 3.63) is 113 Å². The molecule has 3 aromatic carbocycles. The van der Waals surface area contributed by atoms with Gasteiger partial charge >= 0.3 is 0 Å². The van der Waals surface area contributed by atoms with Gasteiger partial charge in [-0.1, -0.05) is 90.5 Å². The summed E-state index contributed by atoms with van der Waals surface area (Å²) in [6.07, 6.45) is 1.99. The van der Waals surface area contributed by atoms with Crippen molar-refractivity contribution in [2.45, 2.75) is 52.0 Å². The predicted octanol–water partition coefficient (Wildman–Crippen LogP) is 6.38. The number of carbonyl (C=O) groups is 1. The van der Waals surface area contributed by atoms with E-state index in [2.05, 4.69) is 108 Å². The Morgan fingerprint density at radius 1 is 0.919 bits per heavy atom. The fourth-order valence-corrected chi connectivity index (χ4v) is 5.30. The van der Waals surface area contributed by atoms with Crippen LogP contribution in [-0.2, 0) is 11.2 Å². The molecule has 192 valence electrons. The zero-order valence-electron chi connectivity index (χ0n) is 21.9. The molecule has 37 heavy (non-hydrogen) atoms. The number of aromatic nitrogens is 2. The third-order valence-corrected chi connectivity index (χ3v) is 7.34. The Labute approximate surface area is 224 Å². The average molecular weight is 513 g/mol. The number of hydrogen-bond donors (Lipinski definition) is 1. The van der Waals surface area contributed by atoms with Crippen LogP contribution in [0.15, 0.2) is 84.9 Å². The number of nitrogens with zero attached hydrogens (tertiary/aromatic N) is 3. The molecule has 4 aromatic rings. The van der Waals surface area contributed by atoms with Gasteiger partial charge in [0.15, 0.2) is 0 Å². The molecule has 1 N–H and O–H groups in total. The predicted molar refractivity (Wildman–Crippen MR) is 153 cm³/mol. The SMILES string of the molecule is Cc1ccc(Cc2nsc(N(CCC(=O)NCCC(c3ccccc3)c3ccccc3)C(C)C)n2)cc1. The summed E-state index contributed by atoms with van der Waals surface area (Å²) >= 11 is 1.41. The Hall–Kier alpha value is -3.51. The molecule has 0 unspecified atom stereocenters. The van der Waals surface area contributed by atoms with E-state index in [0.717, 1.165) is 17.4 Å². The zero-order valence-corrected chi connectivity index (χ0v) is 22.7. The van der Waals surface area contributed by atoms with Gasteiger partial charge in [-0.25, -0.2) is 4.98 Å². The molecule has 1 heterocycles. The van der Waals surface area contributed by atoms with Crippen LogP contribution in [0.2, 0.25) is 0 Å². The minimum atomic E-state index is 0.0647. The highest BCUT2D eigenvalue weighted by molar-refractivity contribution is 7.09. The fourth-order valence-electron chi connectivity index (χ4n) is 4.46. The van der Waals surface area contributed by atoms with Crippen molar-refractivity contribution in [1.29, 1.82) is 0 Å². The lowest BCUT2D eigenvalue weighted by Gasteiger charge is -2.25. The maximum Gasteiger partial charge on any atom is 0.221 e. The standard InChI is InChI=1S/C31H36N4OS/c1-23(2)35(31-33-29(34-37-31)22-25-16-14-24(3)15-17-25)21-19-30(36)32-20-18-28(26-10-6-4-7-11-26)27-12-8-5-9-13-27/h4-17,23,28H,18-22H2,1-3H3,(H,32,36). The van der Waals surface area contributed by atoms with Crippen LogP contribution in [0.3, 0.4) is 0 Å². The van der Waals surface area contributed by atoms with Crippen molar-refractivity contribution in [3.8, 4) is 0 Å². The van der Waals surface area contributed by atoms with Crippen molar-refractivity contribution in [2.24, 2.45) is 0 Å². The summed E-state index contributed by atoms with van der Waals surface area (Å²) < 4.78 is 4.58. The maximum absolute atomic E-state index is 12.8. The molecule has 0 aliphatic heterocycles. The smallest absolute Gasteiger partial charge is 0.221 e. The van der Waals surface area contributed by atoms with E-state index < -0.39 is 0 Å². The molecule has 0 spiro atoms. The summed E-state index contributed by atoms with van der Waals surface area (Å²) in [7, 11) is 0. The number of amides is 1. The number of carbonyl (C=O) groups excluding carboxylic acids is 1. The average Bonchev–Trinajstić information content (AvgIpc) is 3.37. The molecule has 1 aromatic heterocycles.